The monoisotopic (exact) mass is 297 g/mol. The Labute approximate surface area is 112 Å². The van der Waals surface area contributed by atoms with E-state index in [2.05, 4.69) is 45.4 Å². The van der Waals surface area contributed by atoms with Gasteiger partial charge in [0.15, 0.2) is 0 Å². The molecule has 1 aromatic heterocycles. The standard InChI is InChI=1S/C13H20BrN3/c1-13(2)6-4-8-15-11(13)9-17-12-10(14)5-3-7-16-12/h3,5,7,11,15H,4,6,8-9H2,1-2H3,(H,16,17). The number of hydrogen-bond donors (Lipinski definition) is 2. The molecule has 1 fully saturated rings. The van der Waals surface area contributed by atoms with Crippen LogP contribution >= 0.6 is 15.9 Å². The maximum Gasteiger partial charge on any atom is 0.140 e. The van der Waals surface area contributed by atoms with Crippen molar-refractivity contribution >= 4 is 21.7 Å². The minimum Gasteiger partial charge on any atom is -0.368 e. The first-order chi connectivity index (χ1) is 8.09. The number of anilines is 1. The average Bonchev–Trinajstić information content (AvgIpc) is 2.29. The summed E-state index contributed by atoms with van der Waals surface area (Å²) in [5.74, 6) is 0.927. The Morgan fingerprint density at radius 3 is 3.12 bits per heavy atom. The lowest BCUT2D eigenvalue weighted by Crippen LogP contribution is -2.50. The van der Waals surface area contributed by atoms with Gasteiger partial charge in [0.1, 0.15) is 5.82 Å². The van der Waals surface area contributed by atoms with Crippen LogP contribution in [0.4, 0.5) is 5.82 Å². The second-order valence-electron chi connectivity index (χ2n) is 5.31. The van der Waals surface area contributed by atoms with E-state index >= 15 is 0 Å². The average molecular weight is 298 g/mol. The summed E-state index contributed by atoms with van der Waals surface area (Å²) in [6.45, 7) is 6.71. The van der Waals surface area contributed by atoms with Gasteiger partial charge in [-0.15, -0.1) is 0 Å². The molecule has 1 unspecified atom stereocenters. The van der Waals surface area contributed by atoms with Gasteiger partial charge in [-0.2, -0.15) is 0 Å². The maximum atomic E-state index is 4.32. The summed E-state index contributed by atoms with van der Waals surface area (Å²) >= 11 is 3.50. The molecule has 94 valence electrons. The molecule has 0 bridgehead atoms. The number of piperidine rings is 1. The first kappa shape index (κ1) is 12.8. The van der Waals surface area contributed by atoms with Gasteiger partial charge in [-0.05, 0) is 52.9 Å². The van der Waals surface area contributed by atoms with Gasteiger partial charge in [-0.1, -0.05) is 13.8 Å². The normalized spacial score (nSPS) is 23.4. The zero-order valence-electron chi connectivity index (χ0n) is 10.5. The van der Waals surface area contributed by atoms with E-state index in [-0.39, 0.29) is 0 Å². The number of aromatic nitrogens is 1. The lowest BCUT2D eigenvalue weighted by molar-refractivity contribution is 0.188. The van der Waals surface area contributed by atoms with Crippen LogP contribution in [0, 0.1) is 5.41 Å². The van der Waals surface area contributed by atoms with Crippen molar-refractivity contribution in [3.63, 3.8) is 0 Å². The molecule has 0 saturated carbocycles. The molecule has 0 aromatic carbocycles. The zero-order valence-corrected chi connectivity index (χ0v) is 12.0. The molecule has 1 aromatic rings. The molecule has 2 N–H and O–H groups in total. The number of pyridine rings is 1. The summed E-state index contributed by atoms with van der Waals surface area (Å²) in [6.07, 6.45) is 4.37. The van der Waals surface area contributed by atoms with Crippen molar-refractivity contribution in [1.29, 1.82) is 0 Å². The minimum atomic E-state index is 0.354. The van der Waals surface area contributed by atoms with Crippen LogP contribution in [0.15, 0.2) is 22.8 Å². The molecule has 1 aliphatic heterocycles. The summed E-state index contributed by atoms with van der Waals surface area (Å²) in [4.78, 5) is 4.32. The Bertz CT molecular complexity index is 379. The number of nitrogens with zero attached hydrogens (tertiary/aromatic N) is 1. The SMILES string of the molecule is CC1(C)CCCNC1CNc1ncccc1Br. The quantitative estimate of drug-likeness (QED) is 0.900. The smallest absolute Gasteiger partial charge is 0.140 e. The molecular formula is C13H20BrN3. The lowest BCUT2D eigenvalue weighted by Gasteiger charge is -2.39. The fourth-order valence-electron chi connectivity index (χ4n) is 2.33. The van der Waals surface area contributed by atoms with Crippen LogP contribution in [0.3, 0.4) is 0 Å². The van der Waals surface area contributed by atoms with Gasteiger partial charge in [0.2, 0.25) is 0 Å². The summed E-state index contributed by atoms with van der Waals surface area (Å²) in [7, 11) is 0. The third kappa shape index (κ3) is 3.19. The zero-order chi connectivity index (χ0) is 12.3. The predicted molar refractivity (Wildman–Crippen MR) is 75.2 cm³/mol. The molecule has 2 rings (SSSR count). The van der Waals surface area contributed by atoms with E-state index in [1.807, 2.05) is 18.3 Å². The molecular weight excluding hydrogens is 278 g/mol. The molecule has 17 heavy (non-hydrogen) atoms. The van der Waals surface area contributed by atoms with E-state index in [1.165, 1.54) is 12.8 Å². The van der Waals surface area contributed by atoms with Gasteiger partial charge >= 0.3 is 0 Å². The fraction of sp³-hybridized carbons (Fsp3) is 0.615. The van der Waals surface area contributed by atoms with E-state index < -0.39 is 0 Å². The second kappa shape index (κ2) is 5.36. The first-order valence-electron chi connectivity index (χ1n) is 6.17. The maximum absolute atomic E-state index is 4.32. The van der Waals surface area contributed by atoms with Crippen molar-refractivity contribution in [1.82, 2.24) is 10.3 Å². The Kier molecular flexibility index (Phi) is 4.05. The van der Waals surface area contributed by atoms with Crippen LogP contribution in [-0.4, -0.2) is 24.1 Å². The summed E-state index contributed by atoms with van der Waals surface area (Å²) in [5.41, 5.74) is 0.354. The van der Waals surface area contributed by atoms with Gasteiger partial charge < -0.3 is 10.6 Å². The third-order valence-corrected chi connectivity index (χ3v) is 4.20. The fourth-order valence-corrected chi connectivity index (χ4v) is 2.73. The Hall–Kier alpha value is -0.610. The molecule has 2 heterocycles. The Morgan fingerprint density at radius 1 is 1.59 bits per heavy atom. The minimum absolute atomic E-state index is 0.354. The van der Waals surface area contributed by atoms with Gasteiger partial charge in [0.05, 0.1) is 4.47 Å². The highest BCUT2D eigenvalue weighted by molar-refractivity contribution is 9.10. The Balaban J connectivity index is 1.96. The van der Waals surface area contributed by atoms with Crippen LogP contribution in [0.2, 0.25) is 0 Å². The van der Waals surface area contributed by atoms with Crippen molar-refractivity contribution in [2.75, 3.05) is 18.4 Å². The molecule has 1 saturated heterocycles. The van der Waals surface area contributed by atoms with Crippen LogP contribution in [0.25, 0.3) is 0 Å². The summed E-state index contributed by atoms with van der Waals surface area (Å²) in [5, 5.41) is 7.01. The number of rotatable bonds is 3. The molecule has 0 radical (unpaired) electrons. The summed E-state index contributed by atoms with van der Waals surface area (Å²) < 4.78 is 1.02. The van der Waals surface area contributed by atoms with Crippen LogP contribution in [-0.2, 0) is 0 Å². The molecule has 1 aliphatic rings. The lowest BCUT2D eigenvalue weighted by atomic mass is 9.77. The van der Waals surface area contributed by atoms with Crippen LogP contribution in [0.5, 0.6) is 0 Å². The topological polar surface area (TPSA) is 37.0 Å². The van der Waals surface area contributed by atoms with E-state index in [0.29, 0.717) is 11.5 Å². The second-order valence-corrected chi connectivity index (χ2v) is 6.17. The van der Waals surface area contributed by atoms with E-state index in [1.54, 1.807) is 0 Å². The number of nitrogens with one attached hydrogen (secondary N) is 2. The van der Waals surface area contributed by atoms with E-state index in [4.69, 9.17) is 0 Å². The molecule has 0 amide bonds. The summed E-state index contributed by atoms with van der Waals surface area (Å²) in [6, 6.07) is 4.44. The molecule has 1 atom stereocenters. The largest absolute Gasteiger partial charge is 0.368 e. The van der Waals surface area contributed by atoms with Crippen molar-refractivity contribution in [2.24, 2.45) is 5.41 Å². The Morgan fingerprint density at radius 2 is 2.41 bits per heavy atom. The third-order valence-electron chi connectivity index (χ3n) is 3.56. The van der Waals surface area contributed by atoms with Crippen molar-refractivity contribution in [3.05, 3.63) is 22.8 Å². The van der Waals surface area contributed by atoms with Crippen molar-refractivity contribution in [2.45, 2.75) is 32.7 Å². The van der Waals surface area contributed by atoms with Gasteiger partial charge in [0.25, 0.3) is 0 Å². The number of halogens is 1. The van der Waals surface area contributed by atoms with Gasteiger partial charge in [0, 0.05) is 18.8 Å². The number of hydrogen-bond acceptors (Lipinski definition) is 3. The highest BCUT2D eigenvalue weighted by atomic mass is 79.9. The van der Waals surface area contributed by atoms with Crippen molar-refractivity contribution < 1.29 is 0 Å². The van der Waals surface area contributed by atoms with Crippen LogP contribution < -0.4 is 10.6 Å². The first-order valence-corrected chi connectivity index (χ1v) is 6.97. The molecule has 3 nitrogen and oxygen atoms in total. The molecule has 4 heteroatoms. The van der Waals surface area contributed by atoms with Gasteiger partial charge in [-0.25, -0.2) is 4.98 Å². The molecule has 0 spiro atoms. The molecule has 0 aliphatic carbocycles. The highest BCUT2D eigenvalue weighted by Crippen LogP contribution is 2.30. The predicted octanol–water partition coefficient (Wildman–Crippen LogP) is 3.03. The highest BCUT2D eigenvalue weighted by Gasteiger charge is 2.31. The van der Waals surface area contributed by atoms with Crippen molar-refractivity contribution in [3.8, 4) is 0 Å². The van der Waals surface area contributed by atoms with Gasteiger partial charge in [-0.3, -0.25) is 0 Å². The van der Waals surface area contributed by atoms with E-state index in [0.717, 1.165) is 23.4 Å². The van der Waals surface area contributed by atoms with Crippen LogP contribution in [0.1, 0.15) is 26.7 Å². The van der Waals surface area contributed by atoms with E-state index in [9.17, 15) is 0 Å².